The number of nitrogens with one attached hydrogen (secondary N) is 1. The van der Waals surface area contributed by atoms with Crippen LogP contribution in [-0.4, -0.2) is 44.3 Å². The van der Waals surface area contributed by atoms with Crippen molar-refractivity contribution >= 4 is 39.9 Å². The molecule has 0 saturated carbocycles. The molecule has 2 aliphatic carbocycles. The van der Waals surface area contributed by atoms with E-state index in [9.17, 15) is 9.59 Å². The molecule has 0 unspecified atom stereocenters. The zero-order valence-corrected chi connectivity index (χ0v) is 21.6. The maximum Gasteiger partial charge on any atom is 0.250 e. The van der Waals surface area contributed by atoms with Gasteiger partial charge in [-0.05, 0) is 55.9 Å². The molecule has 3 N–H and O–H groups in total. The van der Waals surface area contributed by atoms with Gasteiger partial charge >= 0.3 is 0 Å². The smallest absolute Gasteiger partial charge is 0.250 e. The van der Waals surface area contributed by atoms with Gasteiger partial charge in [0.25, 0.3) is 5.91 Å². The molecule has 1 fully saturated rings. The van der Waals surface area contributed by atoms with Gasteiger partial charge in [0, 0.05) is 53.9 Å². The number of aryl methyl sites for hydroxylation is 1. The number of benzene rings is 1. The van der Waals surface area contributed by atoms with Gasteiger partial charge in [-0.15, -0.1) is 0 Å². The number of likely N-dealkylation sites (tertiary alicyclic amines) is 1. The third-order valence-electron chi connectivity index (χ3n) is 8.40. The van der Waals surface area contributed by atoms with E-state index in [-0.39, 0.29) is 17.7 Å². The van der Waals surface area contributed by atoms with Crippen molar-refractivity contribution in [1.82, 2.24) is 19.4 Å². The van der Waals surface area contributed by atoms with Crippen molar-refractivity contribution in [1.29, 1.82) is 0 Å². The summed E-state index contributed by atoms with van der Waals surface area (Å²) in [6.07, 6.45) is 7.25. The molecular weight excluding hydrogens is 464 g/mol. The second-order valence-electron chi connectivity index (χ2n) is 10.9. The molecule has 37 heavy (non-hydrogen) atoms. The number of rotatable bonds is 3. The minimum Gasteiger partial charge on any atom is -0.383 e. The number of nitrogens with zero attached hydrogens (tertiary/aromatic N) is 4. The highest BCUT2D eigenvalue weighted by atomic mass is 16.2. The Hall–Kier alpha value is -3.94. The fourth-order valence-electron chi connectivity index (χ4n) is 6.56. The molecule has 3 aromatic rings. The minimum atomic E-state index is -0.457. The SMILES string of the molecule is C=C(C)C(=O)Nc1ccc2c(c1)[C@]1(C)C[C@@H](C(=O)N3CCCC3)CC=C1c1c-2n(C)c2ncnc(N)c12. The van der Waals surface area contributed by atoms with Crippen LogP contribution in [0.1, 0.15) is 50.7 Å². The Morgan fingerprint density at radius 2 is 1.97 bits per heavy atom. The molecule has 1 aliphatic heterocycles. The molecule has 8 heteroatoms. The van der Waals surface area contributed by atoms with Crippen LogP contribution in [0.25, 0.3) is 27.9 Å². The van der Waals surface area contributed by atoms with E-state index in [2.05, 4.69) is 51.6 Å². The largest absolute Gasteiger partial charge is 0.383 e. The summed E-state index contributed by atoms with van der Waals surface area (Å²) < 4.78 is 2.08. The molecule has 6 rings (SSSR count). The summed E-state index contributed by atoms with van der Waals surface area (Å²) in [5.74, 6) is 0.386. The van der Waals surface area contributed by atoms with E-state index in [0.717, 1.165) is 64.9 Å². The molecule has 0 radical (unpaired) electrons. The number of nitrogen functional groups attached to an aromatic ring is 1. The lowest BCUT2D eigenvalue weighted by molar-refractivity contribution is -0.135. The van der Waals surface area contributed by atoms with Crippen LogP contribution in [0, 0.1) is 5.92 Å². The van der Waals surface area contributed by atoms with Crippen molar-refractivity contribution in [2.24, 2.45) is 13.0 Å². The van der Waals surface area contributed by atoms with Crippen molar-refractivity contribution in [3.63, 3.8) is 0 Å². The number of anilines is 2. The summed E-state index contributed by atoms with van der Waals surface area (Å²) >= 11 is 0. The standard InChI is InChI=1S/C29H32N6O2/c1-16(2)27(36)33-18-8-9-19-21(13-18)29(3)14-17(28(37)35-11-5-6-12-35)7-10-20(29)22-23-25(30)31-15-32-26(23)34(4)24(19)22/h8-10,13,15,17H,1,5-7,11-12,14H2,2-4H3,(H,33,36)(H2,30,31,32)/t17-,29+/m0/s1. The van der Waals surface area contributed by atoms with Gasteiger partial charge in [-0.25, -0.2) is 9.97 Å². The van der Waals surface area contributed by atoms with Gasteiger partial charge in [-0.1, -0.05) is 25.6 Å². The number of allylic oxidation sites excluding steroid dienone is 2. The van der Waals surface area contributed by atoms with Crippen LogP contribution >= 0.6 is 0 Å². The van der Waals surface area contributed by atoms with Crippen LogP contribution in [0.4, 0.5) is 11.5 Å². The maximum atomic E-state index is 13.5. The molecule has 1 saturated heterocycles. The number of carbonyl (C=O) groups is 2. The lowest BCUT2D eigenvalue weighted by Gasteiger charge is -2.44. The summed E-state index contributed by atoms with van der Waals surface area (Å²) in [6, 6.07) is 6.03. The fraction of sp³-hybridized carbons (Fsp3) is 0.379. The summed E-state index contributed by atoms with van der Waals surface area (Å²) in [7, 11) is 2.00. The Morgan fingerprint density at radius 3 is 2.70 bits per heavy atom. The predicted octanol–water partition coefficient (Wildman–Crippen LogP) is 4.42. The summed E-state index contributed by atoms with van der Waals surface area (Å²) in [6.45, 7) is 9.37. The number of hydrogen-bond donors (Lipinski definition) is 2. The lowest BCUT2D eigenvalue weighted by Crippen LogP contribution is -2.41. The lowest BCUT2D eigenvalue weighted by atomic mass is 9.60. The molecule has 3 aliphatic rings. The van der Waals surface area contributed by atoms with E-state index in [0.29, 0.717) is 29.9 Å². The number of amides is 2. The quantitative estimate of drug-likeness (QED) is 0.522. The first-order valence-electron chi connectivity index (χ1n) is 12.9. The van der Waals surface area contributed by atoms with Crippen LogP contribution in [0.2, 0.25) is 0 Å². The summed E-state index contributed by atoms with van der Waals surface area (Å²) in [4.78, 5) is 36.9. The number of nitrogens with two attached hydrogens (primary N) is 1. The molecular formula is C29H32N6O2. The highest BCUT2D eigenvalue weighted by Gasteiger charge is 2.47. The fourth-order valence-corrected chi connectivity index (χ4v) is 6.56. The zero-order chi connectivity index (χ0) is 26.1. The zero-order valence-electron chi connectivity index (χ0n) is 21.6. The maximum absolute atomic E-state index is 13.5. The Bertz CT molecular complexity index is 1530. The van der Waals surface area contributed by atoms with Crippen LogP contribution < -0.4 is 11.1 Å². The van der Waals surface area contributed by atoms with Crippen LogP contribution in [0.5, 0.6) is 0 Å². The normalized spacial score (nSPS) is 22.2. The highest BCUT2D eigenvalue weighted by molar-refractivity contribution is 6.09. The molecule has 0 spiro atoms. The van der Waals surface area contributed by atoms with Crippen LogP contribution in [-0.2, 0) is 22.1 Å². The Labute approximate surface area is 216 Å². The summed E-state index contributed by atoms with van der Waals surface area (Å²) in [5, 5.41) is 3.83. The molecule has 8 nitrogen and oxygen atoms in total. The average molecular weight is 497 g/mol. The van der Waals surface area contributed by atoms with E-state index in [1.54, 1.807) is 6.92 Å². The second kappa shape index (κ2) is 8.30. The first kappa shape index (κ1) is 23.5. The van der Waals surface area contributed by atoms with E-state index in [1.807, 2.05) is 18.0 Å². The van der Waals surface area contributed by atoms with Gasteiger partial charge in [0.05, 0.1) is 11.1 Å². The molecule has 2 atom stereocenters. The Morgan fingerprint density at radius 1 is 1.22 bits per heavy atom. The van der Waals surface area contributed by atoms with Crippen molar-refractivity contribution in [3.05, 3.63) is 53.9 Å². The monoisotopic (exact) mass is 496 g/mol. The topological polar surface area (TPSA) is 106 Å². The number of fused-ring (bicyclic) bond motifs is 8. The molecule has 2 aromatic heterocycles. The number of carbonyl (C=O) groups excluding carboxylic acids is 2. The average Bonchev–Trinajstić information content (AvgIpc) is 3.51. The first-order valence-corrected chi connectivity index (χ1v) is 12.9. The van der Waals surface area contributed by atoms with E-state index >= 15 is 0 Å². The van der Waals surface area contributed by atoms with Gasteiger partial charge < -0.3 is 20.5 Å². The summed E-state index contributed by atoms with van der Waals surface area (Å²) in [5.41, 5.74) is 13.3. The Balaban J connectivity index is 1.57. The van der Waals surface area contributed by atoms with Crippen molar-refractivity contribution in [2.75, 3.05) is 24.1 Å². The van der Waals surface area contributed by atoms with Crippen molar-refractivity contribution in [3.8, 4) is 11.3 Å². The predicted molar refractivity (Wildman–Crippen MR) is 146 cm³/mol. The van der Waals surface area contributed by atoms with Gasteiger partial charge in [0.1, 0.15) is 17.8 Å². The van der Waals surface area contributed by atoms with Gasteiger partial charge in [-0.3, -0.25) is 9.59 Å². The van der Waals surface area contributed by atoms with E-state index < -0.39 is 5.41 Å². The molecule has 1 aromatic carbocycles. The van der Waals surface area contributed by atoms with Crippen LogP contribution in [0.3, 0.4) is 0 Å². The van der Waals surface area contributed by atoms with Crippen LogP contribution in [0.15, 0.2) is 42.8 Å². The molecule has 0 bridgehead atoms. The molecule has 190 valence electrons. The third-order valence-corrected chi connectivity index (χ3v) is 8.40. The third kappa shape index (κ3) is 3.42. The minimum absolute atomic E-state index is 0.0986. The van der Waals surface area contributed by atoms with Gasteiger partial charge in [0.2, 0.25) is 5.91 Å². The second-order valence-corrected chi connectivity index (χ2v) is 10.9. The molecule has 2 amide bonds. The highest BCUT2D eigenvalue weighted by Crippen LogP contribution is 2.58. The van der Waals surface area contributed by atoms with E-state index in [4.69, 9.17) is 5.73 Å². The van der Waals surface area contributed by atoms with Crippen molar-refractivity contribution < 1.29 is 9.59 Å². The van der Waals surface area contributed by atoms with Crippen molar-refractivity contribution in [2.45, 2.75) is 44.9 Å². The first-order chi connectivity index (χ1) is 17.7. The van der Waals surface area contributed by atoms with Gasteiger partial charge in [-0.2, -0.15) is 0 Å². The number of hydrogen-bond acceptors (Lipinski definition) is 5. The van der Waals surface area contributed by atoms with E-state index in [1.165, 1.54) is 6.33 Å². The Kier molecular flexibility index (Phi) is 5.26. The number of aromatic nitrogens is 3. The molecule has 3 heterocycles. The van der Waals surface area contributed by atoms with Gasteiger partial charge in [0.15, 0.2) is 0 Å².